The Morgan fingerprint density at radius 2 is 1.61 bits per heavy atom. The highest BCUT2D eigenvalue weighted by atomic mass is 16.6. The predicted molar refractivity (Wildman–Crippen MR) is 115 cm³/mol. The van der Waals surface area contributed by atoms with Gasteiger partial charge in [0.25, 0.3) is 0 Å². The molecule has 0 aliphatic heterocycles. The molecule has 0 aromatic rings. The van der Waals surface area contributed by atoms with Gasteiger partial charge in [-0.3, -0.25) is 0 Å². The molecule has 0 bridgehead atoms. The fourth-order valence-corrected chi connectivity index (χ4v) is 3.38. The zero-order chi connectivity index (χ0) is 21.5. The van der Waals surface area contributed by atoms with Crippen molar-refractivity contribution in [2.75, 3.05) is 21.3 Å². The Morgan fingerprint density at radius 3 is 2.14 bits per heavy atom. The molecular formula is C23H44O5. The molecule has 0 aromatic carbocycles. The van der Waals surface area contributed by atoms with Crippen molar-refractivity contribution in [1.29, 1.82) is 0 Å². The fraction of sp³-hybridized carbons (Fsp3) is 0.826. The highest BCUT2D eigenvalue weighted by molar-refractivity contribution is 5.12. The van der Waals surface area contributed by atoms with Crippen molar-refractivity contribution in [3.63, 3.8) is 0 Å². The topological polar surface area (TPSA) is 68.2 Å². The van der Waals surface area contributed by atoms with E-state index in [-0.39, 0.29) is 24.2 Å². The minimum Gasteiger partial charge on any atom is -0.393 e. The summed E-state index contributed by atoms with van der Waals surface area (Å²) in [6, 6.07) is 0. The van der Waals surface area contributed by atoms with Gasteiger partial charge in [-0.25, -0.2) is 0 Å². The maximum absolute atomic E-state index is 10.4. The summed E-state index contributed by atoms with van der Waals surface area (Å²) in [6.07, 6.45) is 10.3. The zero-order valence-electron chi connectivity index (χ0n) is 19.1. The first-order valence-electron chi connectivity index (χ1n) is 10.6. The molecule has 6 atom stereocenters. The Labute approximate surface area is 172 Å². The van der Waals surface area contributed by atoms with Gasteiger partial charge < -0.3 is 24.4 Å². The van der Waals surface area contributed by atoms with Crippen LogP contribution in [0.5, 0.6) is 0 Å². The van der Waals surface area contributed by atoms with Gasteiger partial charge in [0.15, 0.2) is 6.29 Å². The van der Waals surface area contributed by atoms with E-state index < -0.39 is 6.29 Å². The largest absolute Gasteiger partial charge is 0.393 e. The molecule has 0 saturated heterocycles. The van der Waals surface area contributed by atoms with Gasteiger partial charge in [-0.1, -0.05) is 44.6 Å². The van der Waals surface area contributed by atoms with Crippen molar-refractivity contribution in [3.8, 4) is 0 Å². The second kappa shape index (κ2) is 16.1. The lowest BCUT2D eigenvalue weighted by Gasteiger charge is -2.23. The van der Waals surface area contributed by atoms with E-state index in [2.05, 4.69) is 32.9 Å². The SMILES string of the molecule is CCC(OC)C(C)CCC(O)C(C)/C=C/C=C(\C)C[C@@H](CC[C@@H](O)OC)OC. The third kappa shape index (κ3) is 12.0. The van der Waals surface area contributed by atoms with Crippen LogP contribution in [0.1, 0.15) is 66.2 Å². The number of hydrogen-bond acceptors (Lipinski definition) is 5. The third-order valence-corrected chi connectivity index (χ3v) is 5.55. The van der Waals surface area contributed by atoms with Crippen molar-refractivity contribution < 1.29 is 24.4 Å². The predicted octanol–water partition coefficient (Wildman–Crippen LogP) is 4.48. The summed E-state index contributed by atoms with van der Waals surface area (Å²) in [5.74, 6) is 0.555. The number of methoxy groups -OCH3 is 3. The molecule has 5 heteroatoms. The molecule has 0 heterocycles. The normalized spacial score (nSPS) is 19.4. The van der Waals surface area contributed by atoms with Gasteiger partial charge in [0, 0.05) is 33.7 Å². The second-order valence-corrected chi connectivity index (χ2v) is 7.89. The number of allylic oxidation sites excluding steroid dienone is 2. The van der Waals surface area contributed by atoms with Crippen LogP contribution >= 0.6 is 0 Å². The van der Waals surface area contributed by atoms with Gasteiger partial charge in [-0.15, -0.1) is 0 Å². The maximum atomic E-state index is 10.4. The van der Waals surface area contributed by atoms with Gasteiger partial charge in [-0.05, 0) is 44.9 Å². The first-order chi connectivity index (χ1) is 13.3. The Morgan fingerprint density at radius 1 is 0.929 bits per heavy atom. The van der Waals surface area contributed by atoms with E-state index in [1.54, 1.807) is 14.2 Å². The molecule has 28 heavy (non-hydrogen) atoms. The molecule has 0 amide bonds. The molecule has 0 aliphatic carbocycles. The Kier molecular flexibility index (Phi) is 15.7. The van der Waals surface area contributed by atoms with E-state index in [0.29, 0.717) is 12.3 Å². The standard InChI is InChI=1S/C23H44O5/c1-8-22(27-6)19(4)12-14-21(24)18(3)11-9-10-17(2)16-20(26-5)13-15-23(25)28-7/h9-11,18-25H,8,12-16H2,1-7H3/b11-9+,17-10+/t18?,19?,20-,21?,22?,23+/m1/s1. The Balaban J connectivity index is 4.40. The molecular weight excluding hydrogens is 356 g/mol. The average Bonchev–Trinajstić information content (AvgIpc) is 2.69. The van der Waals surface area contributed by atoms with Crippen molar-refractivity contribution >= 4 is 0 Å². The average molecular weight is 401 g/mol. The molecule has 2 N–H and O–H groups in total. The molecule has 5 nitrogen and oxygen atoms in total. The number of aliphatic hydroxyl groups excluding tert-OH is 2. The fourth-order valence-electron chi connectivity index (χ4n) is 3.38. The van der Waals surface area contributed by atoms with Crippen LogP contribution in [0.4, 0.5) is 0 Å². The number of hydrogen-bond donors (Lipinski definition) is 2. The third-order valence-electron chi connectivity index (χ3n) is 5.55. The Hall–Kier alpha value is -0.720. The summed E-state index contributed by atoms with van der Waals surface area (Å²) in [6.45, 7) is 8.44. The van der Waals surface area contributed by atoms with Crippen molar-refractivity contribution in [2.45, 2.75) is 90.8 Å². The van der Waals surface area contributed by atoms with Gasteiger partial charge in [-0.2, -0.15) is 0 Å². The molecule has 0 aliphatic rings. The minimum atomic E-state index is -0.733. The van der Waals surface area contributed by atoms with E-state index >= 15 is 0 Å². The van der Waals surface area contributed by atoms with Crippen LogP contribution in [0.2, 0.25) is 0 Å². The molecule has 4 unspecified atom stereocenters. The molecule has 0 spiro atoms. The summed E-state index contributed by atoms with van der Waals surface area (Å²) < 4.78 is 15.8. The van der Waals surface area contributed by atoms with Crippen LogP contribution in [0.3, 0.4) is 0 Å². The lowest BCUT2D eigenvalue weighted by molar-refractivity contribution is -0.0854. The highest BCUT2D eigenvalue weighted by Crippen LogP contribution is 2.20. The van der Waals surface area contributed by atoms with E-state index in [1.165, 1.54) is 12.7 Å². The summed E-state index contributed by atoms with van der Waals surface area (Å²) in [5, 5.41) is 19.9. The van der Waals surface area contributed by atoms with E-state index in [1.807, 2.05) is 13.0 Å². The zero-order valence-corrected chi connectivity index (χ0v) is 19.1. The van der Waals surface area contributed by atoms with Crippen molar-refractivity contribution in [1.82, 2.24) is 0 Å². The van der Waals surface area contributed by atoms with Crippen molar-refractivity contribution in [2.24, 2.45) is 11.8 Å². The lowest BCUT2D eigenvalue weighted by atomic mass is 9.91. The van der Waals surface area contributed by atoms with Gasteiger partial charge in [0.1, 0.15) is 0 Å². The molecule has 0 fully saturated rings. The minimum absolute atomic E-state index is 0.0613. The highest BCUT2D eigenvalue weighted by Gasteiger charge is 2.18. The van der Waals surface area contributed by atoms with Gasteiger partial charge in [0.05, 0.1) is 18.3 Å². The van der Waals surface area contributed by atoms with Crippen LogP contribution in [-0.2, 0) is 14.2 Å². The lowest BCUT2D eigenvalue weighted by Crippen LogP contribution is -2.23. The first-order valence-corrected chi connectivity index (χ1v) is 10.6. The van der Waals surface area contributed by atoms with Gasteiger partial charge in [0.2, 0.25) is 0 Å². The first kappa shape index (κ1) is 27.3. The van der Waals surface area contributed by atoms with Gasteiger partial charge >= 0.3 is 0 Å². The summed E-state index contributed by atoms with van der Waals surface area (Å²) in [4.78, 5) is 0. The van der Waals surface area contributed by atoms with Crippen molar-refractivity contribution in [3.05, 3.63) is 23.8 Å². The smallest absolute Gasteiger partial charge is 0.154 e. The summed E-state index contributed by atoms with van der Waals surface area (Å²) in [5.41, 5.74) is 1.20. The maximum Gasteiger partial charge on any atom is 0.154 e. The number of rotatable bonds is 16. The quantitative estimate of drug-likeness (QED) is 0.295. The summed E-state index contributed by atoms with van der Waals surface area (Å²) in [7, 11) is 4.95. The van der Waals surface area contributed by atoms with E-state index in [9.17, 15) is 10.2 Å². The summed E-state index contributed by atoms with van der Waals surface area (Å²) >= 11 is 0. The van der Waals surface area contributed by atoms with E-state index in [0.717, 1.165) is 32.1 Å². The molecule has 0 rings (SSSR count). The molecule has 0 radical (unpaired) electrons. The number of ether oxygens (including phenoxy) is 3. The number of aliphatic hydroxyl groups is 2. The van der Waals surface area contributed by atoms with Crippen LogP contribution in [0, 0.1) is 11.8 Å². The monoisotopic (exact) mass is 400 g/mol. The molecule has 166 valence electrons. The second-order valence-electron chi connectivity index (χ2n) is 7.89. The molecule has 0 saturated carbocycles. The Bertz CT molecular complexity index is 431. The van der Waals surface area contributed by atoms with Crippen LogP contribution in [0.15, 0.2) is 23.8 Å². The van der Waals surface area contributed by atoms with Crippen LogP contribution in [0.25, 0.3) is 0 Å². The van der Waals surface area contributed by atoms with E-state index in [4.69, 9.17) is 14.2 Å². The molecule has 0 aromatic heterocycles. The van der Waals surface area contributed by atoms with Crippen LogP contribution in [-0.4, -0.2) is 56.1 Å². The van der Waals surface area contributed by atoms with Crippen LogP contribution < -0.4 is 0 Å².